The first-order valence-electron chi connectivity index (χ1n) is 8.50. The number of amides is 1. The zero-order valence-corrected chi connectivity index (χ0v) is 17.2. The number of nitrogens with zero attached hydrogens (tertiary/aromatic N) is 2. The van der Waals surface area contributed by atoms with Crippen LogP contribution in [0.4, 0.5) is 8.78 Å². The zero-order chi connectivity index (χ0) is 21.0. The summed E-state index contributed by atoms with van der Waals surface area (Å²) in [6, 6.07) is 8.76. The highest BCUT2D eigenvalue weighted by Gasteiger charge is 2.16. The molecule has 0 unspecified atom stereocenters. The number of fused-ring (bicyclic) bond motifs is 1. The van der Waals surface area contributed by atoms with E-state index in [1.165, 1.54) is 23.1 Å². The quantitative estimate of drug-likeness (QED) is 0.327. The summed E-state index contributed by atoms with van der Waals surface area (Å²) in [5.74, 6) is -0.00812. The van der Waals surface area contributed by atoms with Crippen LogP contribution in [0.5, 0.6) is 5.75 Å². The van der Waals surface area contributed by atoms with Crippen molar-refractivity contribution >= 4 is 45.7 Å². The van der Waals surface area contributed by atoms with E-state index in [4.69, 9.17) is 4.74 Å². The summed E-state index contributed by atoms with van der Waals surface area (Å²) < 4.78 is 29.7. The molecule has 0 aliphatic carbocycles. The van der Waals surface area contributed by atoms with E-state index < -0.39 is 12.3 Å². The number of thiophene rings is 1. The molecule has 0 atom stereocenters. The molecule has 3 aromatic rings. The molecule has 0 radical (unpaired) electrons. The molecule has 2 heterocycles. The van der Waals surface area contributed by atoms with Crippen LogP contribution < -0.4 is 10.1 Å². The van der Waals surface area contributed by atoms with Gasteiger partial charge in [-0.2, -0.15) is 8.78 Å². The van der Waals surface area contributed by atoms with Crippen LogP contribution in [0.15, 0.2) is 35.4 Å². The van der Waals surface area contributed by atoms with Gasteiger partial charge in [0.25, 0.3) is 5.91 Å². The molecule has 0 fully saturated rings. The molecule has 6 nitrogen and oxygen atoms in total. The molecule has 1 amide bonds. The van der Waals surface area contributed by atoms with Gasteiger partial charge in [0.05, 0.1) is 29.8 Å². The number of carbonyl (C=O) groups is 2. The third-order valence-corrected chi connectivity index (χ3v) is 6.01. The minimum atomic E-state index is -3.06. The lowest BCUT2D eigenvalue weighted by atomic mass is 10.2. The molecule has 0 saturated heterocycles. The Morgan fingerprint density at radius 2 is 2.03 bits per heavy atom. The first-order valence-corrected chi connectivity index (χ1v) is 10.3. The Hall–Kier alpha value is -2.59. The number of hydrogen-bond acceptors (Lipinski definition) is 7. The molecule has 2 aromatic heterocycles. The zero-order valence-electron chi connectivity index (χ0n) is 15.6. The number of ether oxygens (including phenoxy) is 1. The number of aryl methyl sites for hydroxylation is 1. The van der Waals surface area contributed by atoms with E-state index in [9.17, 15) is 18.4 Å². The highest BCUT2D eigenvalue weighted by molar-refractivity contribution is 8.00. The predicted octanol–water partition coefficient (Wildman–Crippen LogP) is 3.86. The average molecular weight is 437 g/mol. The van der Waals surface area contributed by atoms with Gasteiger partial charge in [0.2, 0.25) is 0 Å². The minimum absolute atomic E-state index is 0.0379. The maximum atomic E-state index is 12.5. The van der Waals surface area contributed by atoms with Gasteiger partial charge in [0.15, 0.2) is 5.78 Å². The van der Waals surface area contributed by atoms with Gasteiger partial charge in [0.1, 0.15) is 16.6 Å². The lowest BCUT2D eigenvalue weighted by Gasteiger charge is -2.08. The lowest BCUT2D eigenvalue weighted by molar-refractivity contribution is -0.131. The molecule has 10 heteroatoms. The average Bonchev–Trinajstić information content (AvgIpc) is 3.18. The Morgan fingerprint density at radius 3 is 2.76 bits per heavy atom. The standard InChI is InChI=1S/C19H17F2N3O3S2/c1-10-23-14-5-3-11(27-2)7-13(14)19(24-10)28-9-15(25)16-6-4-12(29-16)8-22-18(26)17(20)21/h3-7,17H,8-9H2,1-2H3,(H,22,26). The molecule has 0 bridgehead atoms. The Balaban J connectivity index is 1.69. The van der Waals surface area contributed by atoms with Gasteiger partial charge >= 0.3 is 6.43 Å². The summed E-state index contributed by atoms with van der Waals surface area (Å²) in [6.07, 6.45) is -3.06. The van der Waals surface area contributed by atoms with Gasteiger partial charge in [-0.1, -0.05) is 11.8 Å². The van der Waals surface area contributed by atoms with E-state index in [0.29, 0.717) is 26.4 Å². The van der Waals surface area contributed by atoms with Crippen LogP contribution in [0.3, 0.4) is 0 Å². The van der Waals surface area contributed by atoms with E-state index in [1.807, 2.05) is 18.2 Å². The molecule has 1 aromatic carbocycles. The van der Waals surface area contributed by atoms with Crippen molar-refractivity contribution in [1.29, 1.82) is 0 Å². The maximum absolute atomic E-state index is 12.5. The monoisotopic (exact) mass is 437 g/mol. The Bertz CT molecular complexity index is 1060. The molecule has 0 aliphatic heterocycles. The molecular weight excluding hydrogens is 420 g/mol. The van der Waals surface area contributed by atoms with Crippen molar-refractivity contribution in [2.24, 2.45) is 0 Å². The number of alkyl halides is 2. The van der Waals surface area contributed by atoms with Crippen molar-refractivity contribution in [3.8, 4) is 5.75 Å². The fourth-order valence-corrected chi connectivity index (χ4v) is 4.42. The number of carbonyl (C=O) groups excluding carboxylic acids is 2. The van der Waals surface area contributed by atoms with Crippen LogP contribution in [0.25, 0.3) is 10.9 Å². The summed E-state index contributed by atoms with van der Waals surface area (Å²) in [4.78, 5) is 33.4. The van der Waals surface area contributed by atoms with Gasteiger partial charge in [0, 0.05) is 10.3 Å². The molecule has 152 valence electrons. The van der Waals surface area contributed by atoms with Crippen molar-refractivity contribution in [2.75, 3.05) is 12.9 Å². The number of rotatable bonds is 8. The Morgan fingerprint density at radius 1 is 1.24 bits per heavy atom. The normalized spacial score (nSPS) is 11.1. The third-order valence-electron chi connectivity index (χ3n) is 3.89. The molecule has 0 spiro atoms. The number of Topliss-reactive ketones (excluding diaryl/α,β-unsaturated/α-hetero) is 1. The summed E-state index contributed by atoms with van der Waals surface area (Å²) in [7, 11) is 1.57. The van der Waals surface area contributed by atoms with Gasteiger partial charge in [-0.05, 0) is 37.3 Å². The molecule has 0 aliphatic rings. The second-order valence-electron chi connectivity index (χ2n) is 5.96. The van der Waals surface area contributed by atoms with Gasteiger partial charge in [-0.25, -0.2) is 9.97 Å². The maximum Gasteiger partial charge on any atom is 0.315 e. The second-order valence-corrected chi connectivity index (χ2v) is 8.09. The van der Waals surface area contributed by atoms with Crippen molar-refractivity contribution in [2.45, 2.75) is 24.9 Å². The highest BCUT2D eigenvalue weighted by atomic mass is 32.2. The number of methoxy groups -OCH3 is 1. The largest absolute Gasteiger partial charge is 0.497 e. The fourth-order valence-electron chi connectivity index (χ4n) is 2.51. The van der Waals surface area contributed by atoms with Crippen molar-refractivity contribution < 1.29 is 23.1 Å². The van der Waals surface area contributed by atoms with E-state index >= 15 is 0 Å². The van der Waals surface area contributed by atoms with Crippen molar-refractivity contribution in [3.05, 3.63) is 45.9 Å². The molecular formula is C19H17F2N3O3S2. The number of thioether (sulfide) groups is 1. The second kappa shape index (κ2) is 9.27. The Kier molecular flexibility index (Phi) is 6.75. The number of ketones is 1. The highest BCUT2D eigenvalue weighted by Crippen LogP contribution is 2.29. The van der Waals surface area contributed by atoms with Gasteiger partial charge in [-0.15, -0.1) is 11.3 Å². The van der Waals surface area contributed by atoms with E-state index in [-0.39, 0.29) is 18.1 Å². The van der Waals surface area contributed by atoms with Crippen LogP contribution in [-0.4, -0.2) is 40.9 Å². The molecule has 0 saturated carbocycles. The summed E-state index contributed by atoms with van der Waals surface area (Å²) in [5.41, 5.74) is 0.765. The van der Waals surface area contributed by atoms with Crippen LogP contribution in [0.2, 0.25) is 0 Å². The van der Waals surface area contributed by atoms with Gasteiger partial charge in [-0.3, -0.25) is 9.59 Å². The van der Waals surface area contributed by atoms with Gasteiger partial charge < -0.3 is 10.1 Å². The van der Waals surface area contributed by atoms with E-state index in [0.717, 1.165) is 10.9 Å². The number of benzene rings is 1. The van der Waals surface area contributed by atoms with Crippen LogP contribution >= 0.6 is 23.1 Å². The topological polar surface area (TPSA) is 81.2 Å². The summed E-state index contributed by atoms with van der Waals surface area (Å²) in [6.45, 7) is 1.75. The fraction of sp³-hybridized carbons (Fsp3) is 0.263. The number of aromatic nitrogens is 2. The summed E-state index contributed by atoms with van der Waals surface area (Å²) >= 11 is 2.47. The predicted molar refractivity (Wildman–Crippen MR) is 108 cm³/mol. The lowest BCUT2D eigenvalue weighted by Crippen LogP contribution is -2.28. The Labute approximate surface area is 173 Å². The first kappa shape index (κ1) is 21.1. The van der Waals surface area contributed by atoms with E-state index in [1.54, 1.807) is 26.2 Å². The minimum Gasteiger partial charge on any atom is -0.497 e. The van der Waals surface area contributed by atoms with Crippen LogP contribution in [0.1, 0.15) is 20.4 Å². The summed E-state index contributed by atoms with van der Waals surface area (Å²) in [5, 5.41) is 3.60. The van der Waals surface area contributed by atoms with Crippen LogP contribution in [0, 0.1) is 6.92 Å². The number of halogens is 2. The molecule has 3 rings (SSSR count). The molecule has 1 N–H and O–H groups in total. The third kappa shape index (κ3) is 5.27. The number of nitrogens with one attached hydrogen (secondary N) is 1. The smallest absolute Gasteiger partial charge is 0.315 e. The molecule has 29 heavy (non-hydrogen) atoms. The SMILES string of the molecule is COc1ccc2nc(C)nc(SCC(=O)c3ccc(CNC(=O)C(F)F)s3)c2c1. The van der Waals surface area contributed by atoms with Crippen molar-refractivity contribution in [1.82, 2.24) is 15.3 Å². The van der Waals surface area contributed by atoms with Crippen molar-refractivity contribution in [3.63, 3.8) is 0 Å². The number of hydrogen-bond donors (Lipinski definition) is 1. The van der Waals surface area contributed by atoms with Crippen LogP contribution in [-0.2, 0) is 11.3 Å². The van der Waals surface area contributed by atoms with E-state index in [2.05, 4.69) is 15.3 Å². The first-order chi connectivity index (χ1) is 13.9.